The summed E-state index contributed by atoms with van der Waals surface area (Å²) in [6, 6.07) is 4.17. The van der Waals surface area contributed by atoms with Crippen LogP contribution in [0, 0.1) is 5.82 Å². The largest absolute Gasteiger partial charge is 0.392 e. The lowest BCUT2D eigenvalue weighted by atomic mass is 10.1. The number of carbonyl (C=O) groups is 1. The van der Waals surface area contributed by atoms with Crippen molar-refractivity contribution in [3.63, 3.8) is 0 Å². The number of benzene rings is 1. The maximum Gasteiger partial charge on any atom is 0.254 e. The van der Waals surface area contributed by atoms with Gasteiger partial charge in [-0.2, -0.15) is 0 Å². The van der Waals surface area contributed by atoms with E-state index in [1.54, 1.807) is 11.8 Å². The number of ether oxygens (including phenoxy) is 1. The molecule has 0 saturated heterocycles. The summed E-state index contributed by atoms with van der Waals surface area (Å²) in [4.78, 5) is 14.0. The molecule has 0 bridgehead atoms. The van der Waals surface area contributed by atoms with E-state index in [1.807, 2.05) is 13.8 Å². The van der Waals surface area contributed by atoms with Gasteiger partial charge in [-0.05, 0) is 39.0 Å². The Hall–Kier alpha value is -1.46. The van der Waals surface area contributed by atoms with Crippen LogP contribution in [-0.4, -0.2) is 41.7 Å². The molecule has 1 rings (SSSR count). The number of aliphatic hydroxyl groups excluding tert-OH is 1. The molecule has 0 heterocycles. The van der Waals surface area contributed by atoms with Crippen molar-refractivity contribution in [1.82, 2.24) is 4.90 Å². The quantitative estimate of drug-likeness (QED) is 0.870. The van der Waals surface area contributed by atoms with E-state index in [9.17, 15) is 14.3 Å². The van der Waals surface area contributed by atoms with E-state index in [0.717, 1.165) is 0 Å². The summed E-state index contributed by atoms with van der Waals surface area (Å²) in [7, 11) is 1.47. The average molecular weight is 283 g/mol. The van der Waals surface area contributed by atoms with Gasteiger partial charge in [0.15, 0.2) is 0 Å². The summed E-state index contributed by atoms with van der Waals surface area (Å²) in [6.45, 7) is 5.74. The van der Waals surface area contributed by atoms with Gasteiger partial charge in [0, 0.05) is 30.8 Å². The zero-order chi connectivity index (χ0) is 15.3. The molecule has 1 atom stereocenters. The number of rotatable bonds is 6. The molecule has 1 amide bonds. The van der Waals surface area contributed by atoms with Crippen molar-refractivity contribution < 1.29 is 19.0 Å². The zero-order valence-corrected chi connectivity index (χ0v) is 12.4. The molecule has 0 radical (unpaired) electrons. The monoisotopic (exact) mass is 283 g/mol. The first kappa shape index (κ1) is 16.6. The third-order valence-electron chi connectivity index (χ3n) is 2.94. The Labute approximate surface area is 119 Å². The minimum absolute atomic E-state index is 0.0481. The molecular weight excluding hydrogens is 261 g/mol. The van der Waals surface area contributed by atoms with Gasteiger partial charge >= 0.3 is 0 Å². The van der Waals surface area contributed by atoms with E-state index < -0.39 is 11.9 Å². The molecule has 0 aliphatic rings. The van der Waals surface area contributed by atoms with Gasteiger partial charge < -0.3 is 14.7 Å². The molecule has 20 heavy (non-hydrogen) atoms. The number of methoxy groups -OCH3 is 1. The maximum atomic E-state index is 13.5. The van der Waals surface area contributed by atoms with Crippen LogP contribution in [0.25, 0.3) is 0 Å². The van der Waals surface area contributed by atoms with Crippen LogP contribution in [0.1, 0.15) is 36.7 Å². The lowest BCUT2D eigenvalue weighted by Gasteiger charge is -2.28. The number of carbonyl (C=O) groups excluding carboxylic acids is 1. The second kappa shape index (κ2) is 7.36. The summed E-state index contributed by atoms with van der Waals surface area (Å²) < 4.78 is 18.5. The van der Waals surface area contributed by atoms with Gasteiger partial charge in [-0.3, -0.25) is 4.79 Å². The van der Waals surface area contributed by atoms with E-state index in [0.29, 0.717) is 11.1 Å². The third kappa shape index (κ3) is 4.28. The maximum absolute atomic E-state index is 13.5. The summed E-state index contributed by atoms with van der Waals surface area (Å²) in [5.74, 6) is -0.617. The van der Waals surface area contributed by atoms with Crippen molar-refractivity contribution in [3.05, 3.63) is 35.1 Å². The Bertz CT molecular complexity index is 460. The van der Waals surface area contributed by atoms with Gasteiger partial charge in [-0.25, -0.2) is 4.39 Å². The van der Waals surface area contributed by atoms with Gasteiger partial charge in [-0.15, -0.1) is 0 Å². The summed E-state index contributed by atoms with van der Waals surface area (Å²) in [5, 5.41) is 9.48. The number of hydrogen-bond donors (Lipinski definition) is 1. The van der Waals surface area contributed by atoms with E-state index >= 15 is 0 Å². The molecule has 1 unspecified atom stereocenters. The van der Waals surface area contributed by atoms with Crippen LogP contribution < -0.4 is 0 Å². The highest BCUT2D eigenvalue weighted by molar-refractivity contribution is 5.94. The molecular formula is C15H22FNO3. The lowest BCUT2D eigenvalue weighted by molar-refractivity contribution is 0.0578. The molecule has 1 N–H and O–H groups in total. The first-order chi connectivity index (χ1) is 9.36. The van der Waals surface area contributed by atoms with Gasteiger partial charge in [0.05, 0.1) is 12.7 Å². The summed E-state index contributed by atoms with van der Waals surface area (Å²) >= 11 is 0. The highest BCUT2D eigenvalue weighted by Gasteiger charge is 2.21. The standard InChI is InChI=1S/C15H22FNO3/c1-10(2)17(8-11(3)18)15(19)12-5-6-14(16)13(7-12)9-20-4/h5-7,10-11,18H,8-9H2,1-4H3. The number of halogens is 1. The predicted octanol–water partition coefficient (Wildman–Crippen LogP) is 2.20. The first-order valence-corrected chi connectivity index (χ1v) is 6.63. The molecule has 0 saturated carbocycles. The Morgan fingerprint density at radius 3 is 2.55 bits per heavy atom. The Morgan fingerprint density at radius 1 is 1.40 bits per heavy atom. The predicted molar refractivity (Wildman–Crippen MR) is 75.0 cm³/mol. The van der Waals surface area contributed by atoms with Crippen molar-refractivity contribution >= 4 is 5.91 Å². The molecule has 4 nitrogen and oxygen atoms in total. The fraction of sp³-hybridized carbons (Fsp3) is 0.533. The third-order valence-corrected chi connectivity index (χ3v) is 2.94. The average Bonchev–Trinajstić information content (AvgIpc) is 2.37. The highest BCUT2D eigenvalue weighted by Crippen LogP contribution is 2.15. The molecule has 0 spiro atoms. The number of hydrogen-bond acceptors (Lipinski definition) is 3. The van der Waals surface area contributed by atoms with Crippen molar-refractivity contribution in [2.45, 2.75) is 39.5 Å². The van der Waals surface area contributed by atoms with Gasteiger partial charge in [0.25, 0.3) is 5.91 Å². The van der Waals surface area contributed by atoms with Crippen LogP contribution in [0.3, 0.4) is 0 Å². The van der Waals surface area contributed by atoms with E-state index in [2.05, 4.69) is 0 Å². The minimum Gasteiger partial charge on any atom is -0.392 e. The number of aliphatic hydroxyl groups is 1. The van der Waals surface area contributed by atoms with E-state index in [4.69, 9.17) is 4.74 Å². The highest BCUT2D eigenvalue weighted by atomic mass is 19.1. The molecule has 0 aliphatic heterocycles. The van der Waals surface area contributed by atoms with Crippen molar-refractivity contribution in [2.75, 3.05) is 13.7 Å². The number of amides is 1. The summed E-state index contributed by atoms with van der Waals surface area (Å²) in [6.07, 6.45) is -0.611. The van der Waals surface area contributed by atoms with Crippen LogP contribution >= 0.6 is 0 Å². The molecule has 5 heteroatoms. The van der Waals surface area contributed by atoms with Crippen LogP contribution in [0.5, 0.6) is 0 Å². The topological polar surface area (TPSA) is 49.8 Å². The molecule has 0 aliphatic carbocycles. The first-order valence-electron chi connectivity index (χ1n) is 6.63. The second-order valence-corrected chi connectivity index (χ2v) is 5.14. The molecule has 0 aromatic heterocycles. The van der Waals surface area contributed by atoms with Crippen molar-refractivity contribution in [3.8, 4) is 0 Å². The normalized spacial score (nSPS) is 12.6. The smallest absolute Gasteiger partial charge is 0.254 e. The molecule has 1 aromatic rings. The minimum atomic E-state index is -0.611. The lowest BCUT2D eigenvalue weighted by Crippen LogP contribution is -2.41. The second-order valence-electron chi connectivity index (χ2n) is 5.14. The molecule has 112 valence electrons. The summed E-state index contributed by atoms with van der Waals surface area (Å²) in [5.41, 5.74) is 0.743. The van der Waals surface area contributed by atoms with Crippen LogP contribution in [0.2, 0.25) is 0 Å². The van der Waals surface area contributed by atoms with E-state index in [-0.39, 0.29) is 25.1 Å². The van der Waals surface area contributed by atoms with Crippen molar-refractivity contribution in [1.29, 1.82) is 0 Å². The fourth-order valence-electron chi connectivity index (χ4n) is 1.95. The Morgan fingerprint density at radius 2 is 2.05 bits per heavy atom. The Kier molecular flexibility index (Phi) is 6.10. The SMILES string of the molecule is COCc1cc(C(=O)N(CC(C)O)C(C)C)ccc1F. The Balaban J connectivity index is 3.02. The fourth-order valence-corrected chi connectivity index (χ4v) is 1.95. The van der Waals surface area contributed by atoms with E-state index in [1.165, 1.54) is 25.3 Å². The number of nitrogens with zero attached hydrogens (tertiary/aromatic N) is 1. The molecule has 0 fully saturated rings. The van der Waals surface area contributed by atoms with Crippen LogP contribution in [0.4, 0.5) is 4.39 Å². The van der Waals surface area contributed by atoms with Crippen LogP contribution in [-0.2, 0) is 11.3 Å². The van der Waals surface area contributed by atoms with Gasteiger partial charge in [-0.1, -0.05) is 0 Å². The van der Waals surface area contributed by atoms with Crippen LogP contribution in [0.15, 0.2) is 18.2 Å². The molecule has 1 aromatic carbocycles. The van der Waals surface area contributed by atoms with Gasteiger partial charge in [0.2, 0.25) is 0 Å². The van der Waals surface area contributed by atoms with Crippen molar-refractivity contribution in [2.24, 2.45) is 0 Å². The van der Waals surface area contributed by atoms with Gasteiger partial charge in [0.1, 0.15) is 5.82 Å². The zero-order valence-electron chi connectivity index (χ0n) is 12.4.